The molecule has 0 spiro atoms. The van der Waals surface area contributed by atoms with E-state index in [1.165, 1.54) is 0 Å². The van der Waals surface area contributed by atoms with Crippen LogP contribution >= 0.6 is 35.4 Å². The maximum Gasteiger partial charge on any atom is 0.283 e. The van der Waals surface area contributed by atoms with Gasteiger partial charge >= 0.3 is 0 Å². The van der Waals surface area contributed by atoms with E-state index in [9.17, 15) is 0 Å². The summed E-state index contributed by atoms with van der Waals surface area (Å²) < 4.78 is 10.9. The molecule has 2 aromatic carbocycles. The molecule has 0 bridgehead atoms. The predicted octanol–water partition coefficient (Wildman–Crippen LogP) is 6.11. The summed E-state index contributed by atoms with van der Waals surface area (Å²) in [5.74, 6) is 1.20. The molecule has 140 valence electrons. The Hall–Kier alpha value is -2.87. The Bertz CT molecular complexity index is 1130. The van der Waals surface area contributed by atoms with E-state index in [-0.39, 0.29) is 0 Å². The summed E-state index contributed by atoms with van der Waals surface area (Å²) in [4.78, 5) is 0. The summed E-state index contributed by atoms with van der Waals surface area (Å²) in [6.45, 7) is 0. The van der Waals surface area contributed by atoms with Crippen molar-refractivity contribution in [1.29, 1.82) is 0 Å². The SMILES string of the molecule is S=C(Nc1cccc(-c2nnc(-c3ccco3)o2)c1)Nc1ccc(Cl)c(Cl)c1. The number of benzene rings is 2. The van der Waals surface area contributed by atoms with Gasteiger partial charge in [0.05, 0.1) is 16.3 Å². The number of furan rings is 1. The molecule has 0 saturated carbocycles. The molecule has 0 fully saturated rings. The highest BCUT2D eigenvalue weighted by atomic mass is 35.5. The second-order valence-corrected chi connectivity index (χ2v) is 6.90. The smallest absolute Gasteiger partial charge is 0.283 e. The maximum atomic E-state index is 6.02. The summed E-state index contributed by atoms with van der Waals surface area (Å²) in [6.07, 6.45) is 1.55. The van der Waals surface area contributed by atoms with Crippen LogP contribution in [0, 0.1) is 0 Å². The number of nitrogens with one attached hydrogen (secondary N) is 2. The number of thiocarbonyl (C=S) groups is 1. The molecule has 2 aromatic heterocycles. The van der Waals surface area contributed by atoms with E-state index in [1.54, 1.807) is 36.6 Å². The van der Waals surface area contributed by atoms with Crippen molar-refractivity contribution in [2.45, 2.75) is 0 Å². The minimum Gasteiger partial charge on any atom is -0.459 e. The molecule has 6 nitrogen and oxygen atoms in total. The number of halogens is 2. The molecular formula is C19H12Cl2N4O2S. The topological polar surface area (TPSA) is 76.1 Å². The molecule has 2 N–H and O–H groups in total. The van der Waals surface area contributed by atoms with E-state index in [4.69, 9.17) is 44.3 Å². The van der Waals surface area contributed by atoms with Crippen molar-refractivity contribution in [3.63, 3.8) is 0 Å². The Kier molecular flexibility index (Phi) is 5.29. The van der Waals surface area contributed by atoms with Gasteiger partial charge in [0.2, 0.25) is 5.89 Å². The monoisotopic (exact) mass is 430 g/mol. The van der Waals surface area contributed by atoms with Crippen LogP contribution in [-0.4, -0.2) is 15.3 Å². The van der Waals surface area contributed by atoms with E-state index in [0.29, 0.717) is 32.7 Å². The fourth-order valence-corrected chi connectivity index (χ4v) is 2.97. The first-order chi connectivity index (χ1) is 13.6. The lowest BCUT2D eigenvalue weighted by molar-refractivity contribution is 0.523. The van der Waals surface area contributed by atoms with Gasteiger partial charge < -0.3 is 19.5 Å². The molecule has 0 aliphatic rings. The number of anilines is 2. The predicted molar refractivity (Wildman–Crippen MR) is 114 cm³/mol. The van der Waals surface area contributed by atoms with Crippen LogP contribution in [0.1, 0.15) is 0 Å². The highest BCUT2D eigenvalue weighted by Gasteiger charge is 2.13. The Labute approximate surface area is 175 Å². The van der Waals surface area contributed by atoms with Gasteiger partial charge in [0, 0.05) is 16.9 Å². The molecule has 4 rings (SSSR count). The van der Waals surface area contributed by atoms with Crippen molar-refractivity contribution in [2.24, 2.45) is 0 Å². The van der Waals surface area contributed by atoms with Crippen LogP contribution in [-0.2, 0) is 0 Å². The lowest BCUT2D eigenvalue weighted by atomic mass is 10.2. The van der Waals surface area contributed by atoms with Gasteiger partial charge in [-0.3, -0.25) is 0 Å². The van der Waals surface area contributed by atoms with Crippen molar-refractivity contribution in [1.82, 2.24) is 10.2 Å². The van der Waals surface area contributed by atoms with Gasteiger partial charge in [-0.1, -0.05) is 29.3 Å². The first-order valence-corrected chi connectivity index (χ1v) is 9.26. The normalized spacial score (nSPS) is 10.6. The third-order valence-corrected chi connectivity index (χ3v) is 4.64. The zero-order valence-corrected chi connectivity index (χ0v) is 16.5. The average molecular weight is 431 g/mol. The van der Waals surface area contributed by atoms with Crippen molar-refractivity contribution >= 4 is 51.9 Å². The zero-order chi connectivity index (χ0) is 19.5. The minimum atomic E-state index is 0.315. The molecule has 0 radical (unpaired) electrons. The summed E-state index contributed by atoms with van der Waals surface area (Å²) in [6, 6.07) is 16.1. The van der Waals surface area contributed by atoms with Crippen LogP contribution in [0.5, 0.6) is 0 Å². The molecule has 0 aliphatic carbocycles. The van der Waals surface area contributed by atoms with Gasteiger partial charge in [0.25, 0.3) is 5.89 Å². The number of rotatable bonds is 4. The molecule has 0 amide bonds. The lowest BCUT2D eigenvalue weighted by Crippen LogP contribution is -2.19. The Morgan fingerprint density at radius 2 is 1.64 bits per heavy atom. The van der Waals surface area contributed by atoms with Gasteiger partial charge in [-0.05, 0) is 60.7 Å². The molecule has 28 heavy (non-hydrogen) atoms. The Morgan fingerprint density at radius 3 is 2.39 bits per heavy atom. The van der Waals surface area contributed by atoms with Gasteiger partial charge in [0.1, 0.15) is 0 Å². The lowest BCUT2D eigenvalue weighted by Gasteiger charge is -2.11. The molecule has 4 aromatic rings. The fourth-order valence-electron chi connectivity index (χ4n) is 2.44. The highest BCUT2D eigenvalue weighted by Crippen LogP contribution is 2.27. The second-order valence-electron chi connectivity index (χ2n) is 5.68. The maximum absolute atomic E-state index is 6.02. The van der Waals surface area contributed by atoms with Crippen LogP contribution in [0.25, 0.3) is 23.1 Å². The molecule has 9 heteroatoms. The summed E-state index contributed by atoms with van der Waals surface area (Å²) in [5.41, 5.74) is 2.23. The molecular weight excluding hydrogens is 419 g/mol. The molecule has 0 unspecified atom stereocenters. The van der Waals surface area contributed by atoms with Gasteiger partial charge in [-0.25, -0.2) is 0 Å². The number of hydrogen-bond acceptors (Lipinski definition) is 5. The van der Waals surface area contributed by atoms with E-state index in [0.717, 1.165) is 16.9 Å². The summed E-state index contributed by atoms with van der Waals surface area (Å²) in [5, 5.41) is 15.6. The number of aromatic nitrogens is 2. The van der Waals surface area contributed by atoms with Crippen molar-refractivity contribution in [3.05, 3.63) is 70.9 Å². The van der Waals surface area contributed by atoms with Crippen LogP contribution in [0.3, 0.4) is 0 Å². The average Bonchev–Trinajstić information content (AvgIpc) is 3.36. The fraction of sp³-hybridized carbons (Fsp3) is 0. The van der Waals surface area contributed by atoms with Crippen molar-refractivity contribution < 1.29 is 8.83 Å². The van der Waals surface area contributed by atoms with E-state index in [2.05, 4.69) is 20.8 Å². The van der Waals surface area contributed by atoms with Gasteiger partial charge in [-0.2, -0.15) is 0 Å². The standard InChI is InChI=1S/C19H12Cl2N4O2S/c20-14-7-6-13(10-15(14)21)23-19(28)22-12-4-1-3-11(9-12)17-24-25-18(27-17)16-5-2-8-26-16/h1-10H,(H2,22,23,28). The third-order valence-electron chi connectivity index (χ3n) is 3.70. The van der Waals surface area contributed by atoms with Crippen molar-refractivity contribution in [2.75, 3.05) is 10.6 Å². The van der Waals surface area contributed by atoms with Crippen LogP contribution < -0.4 is 10.6 Å². The van der Waals surface area contributed by atoms with Crippen LogP contribution in [0.4, 0.5) is 11.4 Å². The van der Waals surface area contributed by atoms with Gasteiger partial charge in [0.15, 0.2) is 10.9 Å². The van der Waals surface area contributed by atoms with Crippen LogP contribution in [0.2, 0.25) is 10.0 Å². The van der Waals surface area contributed by atoms with E-state index in [1.807, 2.05) is 24.3 Å². The first kappa shape index (κ1) is 18.5. The molecule has 0 saturated heterocycles. The highest BCUT2D eigenvalue weighted by molar-refractivity contribution is 7.80. The zero-order valence-electron chi connectivity index (χ0n) is 14.1. The number of hydrogen-bond donors (Lipinski definition) is 2. The molecule has 0 aliphatic heterocycles. The Balaban J connectivity index is 1.48. The quantitative estimate of drug-likeness (QED) is 0.378. The van der Waals surface area contributed by atoms with E-state index < -0.39 is 0 Å². The Morgan fingerprint density at radius 1 is 0.857 bits per heavy atom. The van der Waals surface area contributed by atoms with Crippen molar-refractivity contribution in [3.8, 4) is 23.1 Å². The third kappa shape index (κ3) is 4.17. The second kappa shape index (κ2) is 8.02. The largest absolute Gasteiger partial charge is 0.459 e. The number of nitrogens with zero attached hydrogens (tertiary/aromatic N) is 2. The molecule has 2 heterocycles. The van der Waals surface area contributed by atoms with Gasteiger partial charge in [-0.15, -0.1) is 10.2 Å². The van der Waals surface area contributed by atoms with Crippen LogP contribution in [0.15, 0.2) is 69.7 Å². The molecule has 0 atom stereocenters. The summed E-state index contributed by atoms with van der Waals surface area (Å²) in [7, 11) is 0. The minimum absolute atomic E-state index is 0.315. The van der Waals surface area contributed by atoms with E-state index >= 15 is 0 Å². The first-order valence-electron chi connectivity index (χ1n) is 8.09. The summed E-state index contributed by atoms with van der Waals surface area (Å²) >= 11 is 17.3.